The van der Waals surface area contributed by atoms with Gasteiger partial charge in [-0.25, -0.2) is 0 Å². The first-order valence-electron chi connectivity index (χ1n) is 8.71. The fourth-order valence-electron chi connectivity index (χ4n) is 3.56. The molecule has 1 amide bonds. The lowest BCUT2D eigenvalue weighted by molar-refractivity contribution is -0.133. The van der Waals surface area contributed by atoms with E-state index < -0.39 is 0 Å². The van der Waals surface area contributed by atoms with Gasteiger partial charge in [-0.15, -0.1) is 12.4 Å². The summed E-state index contributed by atoms with van der Waals surface area (Å²) in [6, 6.07) is 7.89. The van der Waals surface area contributed by atoms with Crippen LogP contribution in [0.25, 0.3) is 0 Å². The first-order chi connectivity index (χ1) is 11.0. The normalized spacial score (nSPS) is 16.5. The summed E-state index contributed by atoms with van der Waals surface area (Å²) < 4.78 is 0. The van der Waals surface area contributed by atoms with Crippen molar-refractivity contribution in [2.75, 3.05) is 20.1 Å². The van der Waals surface area contributed by atoms with Crippen LogP contribution >= 0.6 is 24.0 Å². The molecule has 1 aromatic rings. The molecule has 0 saturated carbocycles. The predicted molar refractivity (Wildman–Crippen MR) is 104 cm³/mol. The van der Waals surface area contributed by atoms with Crippen LogP contribution < -0.4 is 5.32 Å². The molecule has 0 aromatic heterocycles. The molecule has 1 aromatic carbocycles. The van der Waals surface area contributed by atoms with Gasteiger partial charge >= 0.3 is 0 Å². The number of benzene rings is 1. The van der Waals surface area contributed by atoms with E-state index in [0.29, 0.717) is 18.3 Å². The summed E-state index contributed by atoms with van der Waals surface area (Å²) in [5.74, 6) is 1.23. The number of hydrogen-bond acceptors (Lipinski definition) is 2. The van der Waals surface area contributed by atoms with E-state index in [-0.39, 0.29) is 24.4 Å². The molecule has 5 heteroatoms. The van der Waals surface area contributed by atoms with Crippen molar-refractivity contribution in [3.8, 4) is 0 Å². The molecule has 1 N–H and O–H groups in total. The third-order valence-corrected chi connectivity index (χ3v) is 5.24. The highest BCUT2D eigenvalue weighted by Crippen LogP contribution is 2.33. The van der Waals surface area contributed by atoms with Gasteiger partial charge in [-0.1, -0.05) is 43.6 Å². The zero-order valence-corrected chi connectivity index (χ0v) is 16.5. The molecule has 1 saturated heterocycles. The second-order valence-electron chi connectivity index (χ2n) is 6.95. The summed E-state index contributed by atoms with van der Waals surface area (Å²) in [7, 11) is 1.92. The molecule has 1 unspecified atom stereocenters. The first kappa shape index (κ1) is 21.3. The van der Waals surface area contributed by atoms with E-state index in [0.717, 1.165) is 30.1 Å². The second-order valence-corrected chi connectivity index (χ2v) is 7.35. The molecule has 1 heterocycles. The highest BCUT2D eigenvalue weighted by atomic mass is 35.5. The number of carbonyl (C=O) groups is 1. The molecule has 3 nitrogen and oxygen atoms in total. The van der Waals surface area contributed by atoms with Crippen LogP contribution in [0.1, 0.15) is 51.1 Å². The molecule has 1 fully saturated rings. The zero-order chi connectivity index (χ0) is 16.8. The van der Waals surface area contributed by atoms with E-state index in [9.17, 15) is 4.79 Å². The maximum atomic E-state index is 12.7. The van der Waals surface area contributed by atoms with Gasteiger partial charge < -0.3 is 10.2 Å². The highest BCUT2D eigenvalue weighted by molar-refractivity contribution is 6.31. The SMILES string of the molecule is CC(C)C(c1ccccc1Cl)N(C)C(=O)CCC1CCNCC1.Cl. The van der Waals surface area contributed by atoms with Crippen LogP contribution in [0.3, 0.4) is 0 Å². The number of nitrogens with one attached hydrogen (secondary N) is 1. The number of amides is 1. The molecule has 0 radical (unpaired) electrons. The number of piperidine rings is 1. The van der Waals surface area contributed by atoms with E-state index in [1.165, 1.54) is 12.8 Å². The summed E-state index contributed by atoms with van der Waals surface area (Å²) >= 11 is 6.37. The maximum Gasteiger partial charge on any atom is 0.222 e. The Bertz CT molecular complexity index is 516. The van der Waals surface area contributed by atoms with Crippen molar-refractivity contribution in [1.29, 1.82) is 0 Å². The Hall–Kier alpha value is -0.770. The highest BCUT2D eigenvalue weighted by Gasteiger charge is 2.26. The van der Waals surface area contributed by atoms with Crippen molar-refractivity contribution in [1.82, 2.24) is 10.2 Å². The van der Waals surface area contributed by atoms with Crippen LogP contribution in [0, 0.1) is 11.8 Å². The summed E-state index contributed by atoms with van der Waals surface area (Å²) in [4.78, 5) is 14.6. The van der Waals surface area contributed by atoms with Crippen LogP contribution in [0.15, 0.2) is 24.3 Å². The largest absolute Gasteiger partial charge is 0.338 e. The molecule has 24 heavy (non-hydrogen) atoms. The maximum absolute atomic E-state index is 12.7. The van der Waals surface area contributed by atoms with E-state index in [1.807, 2.05) is 36.2 Å². The number of carbonyl (C=O) groups excluding carboxylic acids is 1. The van der Waals surface area contributed by atoms with Crippen LogP contribution in [-0.2, 0) is 4.79 Å². The summed E-state index contributed by atoms with van der Waals surface area (Å²) in [5, 5.41) is 4.12. The molecule has 1 aliphatic heterocycles. The Labute approximate surface area is 157 Å². The molecule has 0 aliphatic carbocycles. The van der Waals surface area contributed by atoms with Crippen molar-refractivity contribution in [3.63, 3.8) is 0 Å². The number of hydrogen-bond donors (Lipinski definition) is 1. The fourth-order valence-corrected chi connectivity index (χ4v) is 3.81. The van der Waals surface area contributed by atoms with Crippen molar-refractivity contribution in [2.45, 2.75) is 45.6 Å². The zero-order valence-electron chi connectivity index (χ0n) is 14.9. The molecule has 1 atom stereocenters. The van der Waals surface area contributed by atoms with Crippen molar-refractivity contribution < 1.29 is 4.79 Å². The molecule has 1 aliphatic rings. The molecule has 136 valence electrons. The third kappa shape index (κ3) is 5.65. The summed E-state index contributed by atoms with van der Waals surface area (Å²) in [5.41, 5.74) is 1.04. The minimum atomic E-state index is 0. The fraction of sp³-hybridized carbons (Fsp3) is 0.632. The third-order valence-electron chi connectivity index (χ3n) is 4.89. The van der Waals surface area contributed by atoms with Gasteiger partial charge in [0.05, 0.1) is 6.04 Å². The second kappa shape index (κ2) is 10.3. The standard InChI is InChI=1S/C19H29ClN2O.ClH/c1-14(2)19(16-6-4-5-7-17(16)20)22(3)18(23)9-8-15-10-12-21-13-11-15;/h4-7,14-15,19,21H,8-13H2,1-3H3;1H. The van der Waals surface area contributed by atoms with Crippen LogP contribution in [-0.4, -0.2) is 30.9 Å². The van der Waals surface area contributed by atoms with Gasteiger partial charge in [0, 0.05) is 18.5 Å². The van der Waals surface area contributed by atoms with Crippen LogP contribution in [0.5, 0.6) is 0 Å². The number of rotatable bonds is 6. The molecule has 0 bridgehead atoms. The Morgan fingerprint density at radius 1 is 1.29 bits per heavy atom. The Morgan fingerprint density at radius 3 is 2.50 bits per heavy atom. The van der Waals surface area contributed by atoms with Gasteiger partial charge in [0.15, 0.2) is 0 Å². The van der Waals surface area contributed by atoms with E-state index in [4.69, 9.17) is 11.6 Å². The van der Waals surface area contributed by atoms with E-state index >= 15 is 0 Å². The quantitative estimate of drug-likeness (QED) is 0.784. The summed E-state index contributed by atoms with van der Waals surface area (Å²) in [6.07, 6.45) is 4.01. The first-order valence-corrected chi connectivity index (χ1v) is 9.09. The average Bonchev–Trinajstić information content (AvgIpc) is 2.55. The van der Waals surface area contributed by atoms with Crippen molar-refractivity contribution >= 4 is 29.9 Å². The van der Waals surface area contributed by atoms with Gasteiger partial charge in [0.1, 0.15) is 0 Å². The lowest BCUT2D eigenvalue weighted by Gasteiger charge is -2.33. The molecular formula is C19H30Cl2N2O. The molecular weight excluding hydrogens is 343 g/mol. The van der Waals surface area contributed by atoms with E-state index in [1.54, 1.807) is 0 Å². The van der Waals surface area contributed by atoms with Crippen molar-refractivity contribution in [2.24, 2.45) is 11.8 Å². The minimum Gasteiger partial charge on any atom is -0.338 e. The van der Waals surface area contributed by atoms with Gasteiger partial charge in [0.25, 0.3) is 0 Å². The van der Waals surface area contributed by atoms with E-state index in [2.05, 4.69) is 19.2 Å². The predicted octanol–water partition coefficient (Wildman–Crippen LogP) is 4.70. The van der Waals surface area contributed by atoms with Gasteiger partial charge in [0.2, 0.25) is 5.91 Å². The van der Waals surface area contributed by atoms with Gasteiger partial charge in [-0.2, -0.15) is 0 Å². The Morgan fingerprint density at radius 2 is 1.92 bits per heavy atom. The van der Waals surface area contributed by atoms with Crippen LogP contribution in [0.2, 0.25) is 5.02 Å². The molecule has 0 spiro atoms. The average molecular weight is 373 g/mol. The summed E-state index contributed by atoms with van der Waals surface area (Å²) in [6.45, 7) is 6.46. The Kier molecular flexibility index (Phi) is 9.11. The van der Waals surface area contributed by atoms with Gasteiger partial charge in [-0.05, 0) is 55.8 Å². The van der Waals surface area contributed by atoms with Crippen molar-refractivity contribution in [3.05, 3.63) is 34.9 Å². The monoisotopic (exact) mass is 372 g/mol. The minimum absolute atomic E-state index is 0. The number of nitrogens with zero attached hydrogens (tertiary/aromatic N) is 1. The Balaban J connectivity index is 0.00000288. The topological polar surface area (TPSA) is 32.3 Å². The lowest BCUT2D eigenvalue weighted by atomic mass is 9.91. The lowest BCUT2D eigenvalue weighted by Crippen LogP contribution is -2.35. The number of halogens is 2. The smallest absolute Gasteiger partial charge is 0.222 e. The molecule has 2 rings (SSSR count). The van der Waals surface area contributed by atoms with Crippen LogP contribution in [0.4, 0.5) is 0 Å². The van der Waals surface area contributed by atoms with Gasteiger partial charge in [-0.3, -0.25) is 4.79 Å².